The van der Waals surface area contributed by atoms with Crippen LogP contribution in [-0.2, 0) is 9.53 Å². The van der Waals surface area contributed by atoms with Crippen LogP contribution in [0.15, 0.2) is 23.3 Å². The zero-order chi connectivity index (χ0) is 11.8. The molecule has 2 nitrogen and oxygen atoms in total. The van der Waals surface area contributed by atoms with Gasteiger partial charge >= 0.3 is 5.97 Å². The summed E-state index contributed by atoms with van der Waals surface area (Å²) in [5.41, 5.74) is 2.61. The van der Waals surface area contributed by atoms with Crippen LogP contribution in [0.1, 0.15) is 47.5 Å². The summed E-state index contributed by atoms with van der Waals surface area (Å²) in [5.74, 6) is -0.226. The van der Waals surface area contributed by atoms with E-state index < -0.39 is 0 Å². The van der Waals surface area contributed by atoms with Gasteiger partial charge in [0, 0.05) is 6.92 Å². The Labute approximate surface area is 93.0 Å². The number of ether oxygens (including phenoxy) is 1. The lowest BCUT2D eigenvalue weighted by Crippen LogP contribution is -2.09. The van der Waals surface area contributed by atoms with Crippen molar-refractivity contribution in [3.8, 4) is 0 Å². The van der Waals surface area contributed by atoms with Crippen molar-refractivity contribution in [1.29, 1.82) is 0 Å². The minimum Gasteiger partial charge on any atom is -0.459 e. The van der Waals surface area contributed by atoms with Gasteiger partial charge in [0.2, 0.25) is 0 Å². The molecule has 86 valence electrons. The summed E-state index contributed by atoms with van der Waals surface area (Å²) < 4.78 is 5.02. The molecule has 0 aliphatic carbocycles. The molecule has 0 amide bonds. The van der Waals surface area contributed by atoms with Gasteiger partial charge in [0.25, 0.3) is 0 Å². The lowest BCUT2D eigenvalue weighted by atomic mass is 10.1. The highest BCUT2D eigenvalue weighted by molar-refractivity contribution is 5.66. The highest BCUT2D eigenvalue weighted by atomic mass is 16.5. The van der Waals surface area contributed by atoms with Gasteiger partial charge in [0.1, 0.15) is 6.10 Å². The van der Waals surface area contributed by atoms with Crippen molar-refractivity contribution in [3.05, 3.63) is 23.3 Å². The molecule has 1 unspecified atom stereocenters. The second kappa shape index (κ2) is 7.27. The van der Waals surface area contributed by atoms with Gasteiger partial charge in [-0.15, -0.1) is 0 Å². The van der Waals surface area contributed by atoms with Gasteiger partial charge in [-0.05, 0) is 46.6 Å². The van der Waals surface area contributed by atoms with E-state index in [1.54, 1.807) is 0 Å². The molecular formula is C13H22O2. The molecule has 0 aliphatic rings. The molecule has 0 aliphatic heterocycles. The molecule has 0 spiro atoms. The number of hydrogen-bond acceptors (Lipinski definition) is 2. The number of allylic oxidation sites excluding steroid dienone is 3. The lowest BCUT2D eigenvalue weighted by molar-refractivity contribution is -0.143. The predicted molar refractivity (Wildman–Crippen MR) is 63.7 cm³/mol. The van der Waals surface area contributed by atoms with E-state index in [0.717, 1.165) is 12.8 Å². The molecule has 0 saturated carbocycles. The minimum atomic E-state index is -0.226. The van der Waals surface area contributed by atoms with Crippen LogP contribution >= 0.6 is 0 Å². The predicted octanol–water partition coefficient (Wildman–Crippen LogP) is 3.63. The molecule has 2 heteroatoms. The normalized spacial score (nSPS) is 13.3. The van der Waals surface area contributed by atoms with Crippen molar-refractivity contribution < 1.29 is 9.53 Å². The summed E-state index contributed by atoms with van der Waals surface area (Å²) in [5, 5.41) is 0. The first-order valence-corrected chi connectivity index (χ1v) is 5.39. The van der Waals surface area contributed by atoms with Crippen molar-refractivity contribution >= 4 is 5.97 Å². The van der Waals surface area contributed by atoms with E-state index in [4.69, 9.17) is 4.74 Å². The van der Waals surface area contributed by atoms with Crippen LogP contribution in [0, 0.1) is 0 Å². The molecule has 0 rings (SSSR count). The van der Waals surface area contributed by atoms with Gasteiger partial charge in [-0.3, -0.25) is 4.79 Å². The summed E-state index contributed by atoms with van der Waals surface area (Å²) in [4.78, 5) is 10.7. The first-order chi connectivity index (χ1) is 6.91. The van der Waals surface area contributed by atoms with E-state index in [1.807, 2.05) is 13.0 Å². The molecule has 0 aromatic rings. The van der Waals surface area contributed by atoms with E-state index >= 15 is 0 Å². The largest absolute Gasteiger partial charge is 0.459 e. The van der Waals surface area contributed by atoms with Gasteiger partial charge in [-0.2, -0.15) is 0 Å². The number of rotatable bonds is 5. The van der Waals surface area contributed by atoms with E-state index in [-0.39, 0.29) is 12.1 Å². The third-order valence-corrected chi connectivity index (χ3v) is 1.96. The van der Waals surface area contributed by atoms with Gasteiger partial charge < -0.3 is 4.74 Å². The molecule has 0 heterocycles. The van der Waals surface area contributed by atoms with Crippen molar-refractivity contribution in [2.75, 3.05) is 0 Å². The van der Waals surface area contributed by atoms with Crippen molar-refractivity contribution in [3.63, 3.8) is 0 Å². The monoisotopic (exact) mass is 210 g/mol. The third-order valence-electron chi connectivity index (χ3n) is 1.96. The summed E-state index contributed by atoms with van der Waals surface area (Å²) >= 11 is 0. The Morgan fingerprint density at radius 2 is 1.87 bits per heavy atom. The summed E-state index contributed by atoms with van der Waals surface area (Å²) in [6, 6.07) is 0. The zero-order valence-electron chi connectivity index (χ0n) is 10.5. The maximum atomic E-state index is 10.7. The SMILES string of the molecule is CC(=O)OC(C)C=C(C)CCC=C(C)C. The summed E-state index contributed by atoms with van der Waals surface area (Å²) in [7, 11) is 0. The molecule has 0 aromatic heterocycles. The fourth-order valence-electron chi connectivity index (χ4n) is 1.37. The maximum absolute atomic E-state index is 10.7. The zero-order valence-corrected chi connectivity index (χ0v) is 10.5. The van der Waals surface area contributed by atoms with Crippen molar-refractivity contribution in [2.45, 2.75) is 53.6 Å². The second-order valence-electron chi connectivity index (χ2n) is 4.15. The maximum Gasteiger partial charge on any atom is 0.303 e. The first kappa shape index (κ1) is 13.9. The number of esters is 1. The van der Waals surface area contributed by atoms with Crippen molar-refractivity contribution in [1.82, 2.24) is 0 Å². The standard InChI is InChI=1S/C13H22O2/c1-10(2)7-6-8-11(3)9-12(4)15-13(5)14/h7,9,12H,6,8H2,1-5H3. The van der Waals surface area contributed by atoms with E-state index in [0.29, 0.717) is 0 Å². The molecule has 0 radical (unpaired) electrons. The Morgan fingerprint density at radius 1 is 1.27 bits per heavy atom. The molecule has 0 saturated heterocycles. The number of carbonyl (C=O) groups is 1. The fraction of sp³-hybridized carbons (Fsp3) is 0.615. The summed E-state index contributed by atoms with van der Waals surface area (Å²) in [6.45, 7) is 9.58. The van der Waals surface area contributed by atoms with Crippen LogP contribution in [-0.4, -0.2) is 12.1 Å². The van der Waals surface area contributed by atoms with Crippen LogP contribution < -0.4 is 0 Å². The average Bonchev–Trinajstić information content (AvgIpc) is 2.00. The van der Waals surface area contributed by atoms with Gasteiger partial charge in [-0.1, -0.05) is 17.2 Å². The Hall–Kier alpha value is -1.05. The smallest absolute Gasteiger partial charge is 0.303 e. The van der Waals surface area contributed by atoms with Gasteiger partial charge in [0.05, 0.1) is 0 Å². The highest BCUT2D eigenvalue weighted by Gasteiger charge is 2.01. The van der Waals surface area contributed by atoms with Crippen LogP contribution in [0.3, 0.4) is 0 Å². The van der Waals surface area contributed by atoms with Crippen LogP contribution in [0.5, 0.6) is 0 Å². The molecule has 0 bridgehead atoms. The number of hydrogen-bond donors (Lipinski definition) is 0. The van der Waals surface area contributed by atoms with Crippen LogP contribution in [0.2, 0.25) is 0 Å². The highest BCUT2D eigenvalue weighted by Crippen LogP contribution is 2.08. The minimum absolute atomic E-state index is 0.116. The lowest BCUT2D eigenvalue weighted by Gasteiger charge is -2.08. The van der Waals surface area contributed by atoms with Gasteiger partial charge in [0.15, 0.2) is 0 Å². The van der Waals surface area contributed by atoms with Crippen molar-refractivity contribution in [2.24, 2.45) is 0 Å². The molecule has 15 heavy (non-hydrogen) atoms. The Bertz CT molecular complexity index is 258. The molecule has 0 N–H and O–H groups in total. The Kier molecular flexibility index (Phi) is 6.76. The average molecular weight is 210 g/mol. The fourth-order valence-corrected chi connectivity index (χ4v) is 1.37. The van der Waals surface area contributed by atoms with Gasteiger partial charge in [-0.25, -0.2) is 0 Å². The summed E-state index contributed by atoms with van der Waals surface area (Å²) in [6.07, 6.45) is 6.18. The second-order valence-corrected chi connectivity index (χ2v) is 4.15. The molecule has 0 fully saturated rings. The van der Waals surface area contributed by atoms with E-state index in [1.165, 1.54) is 18.1 Å². The topological polar surface area (TPSA) is 26.3 Å². The van der Waals surface area contributed by atoms with Crippen LogP contribution in [0.25, 0.3) is 0 Å². The third kappa shape index (κ3) is 9.26. The van der Waals surface area contributed by atoms with E-state index in [2.05, 4.69) is 26.8 Å². The molecular weight excluding hydrogens is 188 g/mol. The van der Waals surface area contributed by atoms with Crippen LogP contribution in [0.4, 0.5) is 0 Å². The quantitative estimate of drug-likeness (QED) is 0.511. The van der Waals surface area contributed by atoms with E-state index in [9.17, 15) is 4.79 Å². The first-order valence-electron chi connectivity index (χ1n) is 5.39. The Balaban J connectivity index is 3.97. The molecule has 1 atom stereocenters. The molecule has 0 aromatic carbocycles. The Morgan fingerprint density at radius 3 is 2.33 bits per heavy atom. The number of carbonyl (C=O) groups excluding carboxylic acids is 1.